The first-order valence-corrected chi connectivity index (χ1v) is 7.96. The number of aromatic nitrogens is 2. The van der Waals surface area contributed by atoms with Crippen LogP contribution in [0, 0.1) is 0 Å². The number of nitrogens with one attached hydrogen (secondary N) is 2. The minimum absolute atomic E-state index is 0.357. The lowest BCUT2D eigenvalue weighted by atomic mass is 10.0. The van der Waals surface area contributed by atoms with Crippen molar-refractivity contribution in [2.75, 3.05) is 6.54 Å². The van der Waals surface area contributed by atoms with Crippen LogP contribution in [0.25, 0.3) is 5.57 Å². The average molecular weight is 338 g/mol. The van der Waals surface area contributed by atoms with Crippen molar-refractivity contribution in [3.8, 4) is 0 Å². The quantitative estimate of drug-likeness (QED) is 0.780. The number of piperidine rings is 1. The smallest absolute Gasteiger partial charge is 0.123 e. The minimum Gasteiger partial charge on any atom is -0.341 e. The lowest BCUT2D eigenvalue weighted by Gasteiger charge is -2.21. The molecule has 1 atom stereocenters. The first-order valence-electron chi connectivity index (χ1n) is 7.17. The summed E-state index contributed by atoms with van der Waals surface area (Å²) in [7, 11) is 0. The van der Waals surface area contributed by atoms with Gasteiger partial charge in [-0.25, -0.2) is 4.98 Å². The number of imidazole rings is 1. The monoisotopic (exact) mass is 337 g/mol. The fourth-order valence-corrected chi connectivity index (χ4v) is 2.18. The molecule has 20 heavy (non-hydrogen) atoms. The van der Waals surface area contributed by atoms with Gasteiger partial charge in [0.25, 0.3) is 0 Å². The fourth-order valence-electron chi connectivity index (χ4n) is 2.04. The van der Waals surface area contributed by atoms with Crippen LogP contribution in [0.2, 0.25) is 0 Å². The third kappa shape index (κ3) is 5.10. The third-order valence-corrected chi connectivity index (χ3v) is 3.31. The topological polar surface area (TPSA) is 40.7 Å². The highest BCUT2D eigenvalue weighted by Crippen LogP contribution is 2.22. The molecule has 0 saturated carbocycles. The lowest BCUT2D eigenvalue weighted by molar-refractivity contribution is 0.399. The molecule has 0 radical (unpaired) electrons. The van der Waals surface area contributed by atoms with Gasteiger partial charge in [0.15, 0.2) is 0 Å². The average Bonchev–Trinajstić information content (AvgIpc) is 2.97. The van der Waals surface area contributed by atoms with Gasteiger partial charge in [-0.15, -0.1) is 0 Å². The molecule has 0 amide bonds. The van der Waals surface area contributed by atoms with E-state index >= 15 is 0 Å². The van der Waals surface area contributed by atoms with Crippen LogP contribution in [0.4, 0.5) is 0 Å². The molecule has 0 spiro atoms. The summed E-state index contributed by atoms with van der Waals surface area (Å²) < 4.78 is 0.831. The van der Waals surface area contributed by atoms with Gasteiger partial charge in [-0.2, -0.15) is 0 Å². The van der Waals surface area contributed by atoms with Crippen molar-refractivity contribution in [1.29, 1.82) is 0 Å². The first-order chi connectivity index (χ1) is 9.66. The normalized spacial score (nSPS) is 18.4. The zero-order valence-corrected chi connectivity index (χ0v) is 14.0. The number of H-pyrrole nitrogens is 1. The molecule has 1 saturated heterocycles. The van der Waals surface area contributed by atoms with Crippen LogP contribution in [0.15, 0.2) is 36.0 Å². The molecule has 3 nitrogen and oxygen atoms in total. The molecule has 0 aromatic carbocycles. The molecule has 2 heterocycles. The van der Waals surface area contributed by atoms with Crippen LogP contribution in [0.1, 0.15) is 50.7 Å². The highest BCUT2D eigenvalue weighted by Gasteiger charge is 2.17. The number of aromatic amines is 1. The van der Waals surface area contributed by atoms with Crippen molar-refractivity contribution in [3.63, 3.8) is 0 Å². The summed E-state index contributed by atoms with van der Waals surface area (Å²) in [6.07, 6.45) is 9.30. The zero-order valence-electron chi connectivity index (χ0n) is 12.4. The van der Waals surface area contributed by atoms with Crippen molar-refractivity contribution < 1.29 is 0 Å². The molecule has 0 aliphatic carbocycles. The molecule has 1 aliphatic heterocycles. The Labute approximate surface area is 130 Å². The molecule has 0 bridgehead atoms. The summed E-state index contributed by atoms with van der Waals surface area (Å²) in [6.45, 7) is 12.8. The van der Waals surface area contributed by atoms with Gasteiger partial charge in [-0.1, -0.05) is 55.4 Å². The van der Waals surface area contributed by atoms with Crippen molar-refractivity contribution in [3.05, 3.63) is 47.5 Å². The largest absolute Gasteiger partial charge is 0.341 e. The summed E-state index contributed by atoms with van der Waals surface area (Å²) in [6, 6.07) is 0.357. The summed E-state index contributed by atoms with van der Waals surface area (Å²) in [5, 5.41) is 3.47. The highest BCUT2D eigenvalue weighted by molar-refractivity contribution is 9.11. The van der Waals surface area contributed by atoms with E-state index in [2.05, 4.69) is 44.4 Å². The number of hydrogen-bond donors (Lipinski definition) is 2. The Balaban J connectivity index is 0.000000956. The first kappa shape index (κ1) is 16.9. The standard InChI is InChI=1S/C14H18BrN3.C2H6/c1-10(6-7-11(2)15)13-9-17-14(18-13)12-5-3-4-8-16-12;1-2/h6-7,9,12,16H,1-5,8H2,(H,17,18);1-2H3/b7-6-;. The van der Waals surface area contributed by atoms with Crippen LogP contribution in [-0.4, -0.2) is 16.5 Å². The van der Waals surface area contributed by atoms with Gasteiger partial charge in [0.2, 0.25) is 0 Å². The van der Waals surface area contributed by atoms with E-state index in [1.807, 2.05) is 32.2 Å². The van der Waals surface area contributed by atoms with E-state index in [0.29, 0.717) is 6.04 Å². The summed E-state index contributed by atoms with van der Waals surface area (Å²) in [5.74, 6) is 1.01. The Morgan fingerprint density at radius 2 is 2.10 bits per heavy atom. The number of nitrogens with zero attached hydrogens (tertiary/aromatic N) is 1. The molecule has 110 valence electrons. The molecule has 1 fully saturated rings. The zero-order chi connectivity index (χ0) is 15.0. The van der Waals surface area contributed by atoms with Crippen LogP contribution in [-0.2, 0) is 0 Å². The highest BCUT2D eigenvalue weighted by atomic mass is 79.9. The predicted molar refractivity (Wildman–Crippen MR) is 90.8 cm³/mol. The Morgan fingerprint density at radius 3 is 2.70 bits per heavy atom. The number of halogens is 1. The van der Waals surface area contributed by atoms with Gasteiger partial charge >= 0.3 is 0 Å². The number of hydrogen-bond acceptors (Lipinski definition) is 2. The van der Waals surface area contributed by atoms with Gasteiger partial charge in [-0.05, 0) is 31.0 Å². The van der Waals surface area contributed by atoms with Crippen molar-refractivity contribution in [1.82, 2.24) is 15.3 Å². The fraction of sp³-hybridized carbons (Fsp3) is 0.438. The number of rotatable bonds is 4. The van der Waals surface area contributed by atoms with Gasteiger partial charge in [-0.3, -0.25) is 0 Å². The van der Waals surface area contributed by atoms with E-state index in [-0.39, 0.29) is 0 Å². The number of allylic oxidation sites excluding steroid dienone is 4. The van der Waals surface area contributed by atoms with Crippen molar-refractivity contribution in [2.45, 2.75) is 39.2 Å². The van der Waals surface area contributed by atoms with Crippen LogP contribution in [0.5, 0.6) is 0 Å². The maximum Gasteiger partial charge on any atom is 0.123 e. The summed E-state index contributed by atoms with van der Waals surface area (Å²) in [4.78, 5) is 7.78. The Morgan fingerprint density at radius 1 is 1.35 bits per heavy atom. The van der Waals surface area contributed by atoms with E-state index in [9.17, 15) is 0 Å². The molecule has 2 rings (SSSR count). The third-order valence-electron chi connectivity index (χ3n) is 3.05. The molecule has 1 aromatic heterocycles. The van der Waals surface area contributed by atoms with E-state index in [1.54, 1.807) is 0 Å². The molecule has 2 N–H and O–H groups in total. The lowest BCUT2D eigenvalue weighted by Crippen LogP contribution is -2.27. The van der Waals surface area contributed by atoms with E-state index in [4.69, 9.17) is 0 Å². The van der Waals surface area contributed by atoms with Crippen molar-refractivity contribution in [2.24, 2.45) is 0 Å². The Hall–Kier alpha value is -1.13. The van der Waals surface area contributed by atoms with E-state index in [1.165, 1.54) is 12.8 Å². The van der Waals surface area contributed by atoms with E-state index in [0.717, 1.165) is 34.5 Å². The van der Waals surface area contributed by atoms with Gasteiger partial charge in [0, 0.05) is 4.48 Å². The molecule has 4 heteroatoms. The maximum absolute atomic E-state index is 4.44. The van der Waals surface area contributed by atoms with Gasteiger partial charge in [0.1, 0.15) is 5.82 Å². The Kier molecular flexibility index (Phi) is 7.55. The van der Waals surface area contributed by atoms with Crippen LogP contribution in [0.3, 0.4) is 0 Å². The second kappa shape index (κ2) is 8.93. The molecule has 1 aromatic rings. The van der Waals surface area contributed by atoms with Gasteiger partial charge < -0.3 is 10.3 Å². The maximum atomic E-state index is 4.44. The van der Waals surface area contributed by atoms with Crippen LogP contribution >= 0.6 is 15.9 Å². The molecular weight excluding hydrogens is 314 g/mol. The summed E-state index contributed by atoms with van der Waals surface area (Å²) >= 11 is 3.29. The Bertz CT molecular complexity index is 468. The predicted octanol–water partition coefficient (Wildman–Crippen LogP) is 4.73. The second-order valence-corrected chi connectivity index (χ2v) is 5.51. The molecule has 1 unspecified atom stereocenters. The van der Waals surface area contributed by atoms with Gasteiger partial charge in [0.05, 0.1) is 17.9 Å². The van der Waals surface area contributed by atoms with Crippen LogP contribution < -0.4 is 5.32 Å². The minimum atomic E-state index is 0.357. The van der Waals surface area contributed by atoms with E-state index < -0.39 is 0 Å². The molecule has 1 aliphatic rings. The summed E-state index contributed by atoms with van der Waals surface area (Å²) in [5.41, 5.74) is 1.87. The molecular formula is C16H24BrN3. The SMILES string of the molecule is C=C(Br)/C=C\C(=C)c1cnc(C2CCCCN2)[nH]1.CC. The second-order valence-electron chi connectivity index (χ2n) is 4.49. The van der Waals surface area contributed by atoms with Crippen molar-refractivity contribution >= 4 is 21.5 Å².